The van der Waals surface area contributed by atoms with Crippen LogP contribution in [0.5, 0.6) is 11.5 Å². The monoisotopic (exact) mass is 584 g/mol. The van der Waals surface area contributed by atoms with Gasteiger partial charge in [0, 0.05) is 23.6 Å². The van der Waals surface area contributed by atoms with E-state index < -0.39 is 11.9 Å². The van der Waals surface area contributed by atoms with Crippen molar-refractivity contribution in [2.45, 2.75) is 6.54 Å². The van der Waals surface area contributed by atoms with Crippen LogP contribution < -0.4 is 14.8 Å². The van der Waals surface area contributed by atoms with E-state index in [9.17, 15) is 14.7 Å². The molecule has 3 heterocycles. The Morgan fingerprint density at radius 1 is 0.909 bits per heavy atom. The number of H-pyrrole nitrogens is 1. The molecule has 0 saturated carbocycles. The van der Waals surface area contributed by atoms with Gasteiger partial charge < -0.3 is 24.5 Å². The topological polar surface area (TPSA) is 144 Å². The lowest BCUT2D eigenvalue weighted by atomic mass is 10.0. The molecule has 0 radical (unpaired) electrons. The van der Waals surface area contributed by atoms with Crippen LogP contribution in [0.3, 0.4) is 0 Å². The van der Waals surface area contributed by atoms with Gasteiger partial charge in [0.15, 0.2) is 17.2 Å². The van der Waals surface area contributed by atoms with Crippen LogP contribution in [0.1, 0.15) is 21.6 Å². The summed E-state index contributed by atoms with van der Waals surface area (Å²) in [6, 6.07) is 28.1. The fourth-order valence-corrected chi connectivity index (χ4v) is 5.29. The van der Waals surface area contributed by atoms with Gasteiger partial charge >= 0.3 is 5.97 Å². The number of aromatic amines is 1. The number of hydrogen-bond acceptors (Lipinski definition) is 7. The first-order valence-electron chi connectivity index (χ1n) is 13.7. The molecular formula is C33H24N6O5. The van der Waals surface area contributed by atoms with Gasteiger partial charge in [0.1, 0.15) is 0 Å². The third-order valence-electron chi connectivity index (χ3n) is 7.32. The number of ether oxygens (including phenoxy) is 2. The highest BCUT2D eigenvalue weighted by molar-refractivity contribution is 6.14. The van der Waals surface area contributed by atoms with Gasteiger partial charge in [-0.3, -0.25) is 4.79 Å². The lowest BCUT2D eigenvalue weighted by Crippen LogP contribution is -2.15. The smallest absolute Gasteiger partial charge is 0.354 e. The largest absolute Gasteiger partial charge is 0.477 e. The number of amides is 1. The van der Waals surface area contributed by atoms with E-state index in [0.717, 1.165) is 27.8 Å². The maximum atomic E-state index is 13.1. The molecule has 11 nitrogen and oxygen atoms in total. The molecule has 0 spiro atoms. The minimum atomic E-state index is -1.18. The molecule has 6 aromatic rings. The van der Waals surface area contributed by atoms with Crippen LogP contribution in [0, 0.1) is 0 Å². The summed E-state index contributed by atoms with van der Waals surface area (Å²) >= 11 is 0. The zero-order valence-electron chi connectivity index (χ0n) is 23.1. The van der Waals surface area contributed by atoms with E-state index in [1.165, 1.54) is 6.08 Å². The van der Waals surface area contributed by atoms with E-state index >= 15 is 0 Å². The van der Waals surface area contributed by atoms with Crippen molar-refractivity contribution in [2.24, 2.45) is 0 Å². The fourth-order valence-electron chi connectivity index (χ4n) is 5.29. The van der Waals surface area contributed by atoms with Crippen LogP contribution in [0.4, 0.5) is 5.69 Å². The number of fused-ring (bicyclic) bond motifs is 2. The molecule has 4 aromatic carbocycles. The van der Waals surface area contributed by atoms with Gasteiger partial charge in [-0.25, -0.2) is 4.79 Å². The highest BCUT2D eigenvalue weighted by atomic mass is 16.7. The predicted molar refractivity (Wildman–Crippen MR) is 163 cm³/mol. The highest BCUT2D eigenvalue weighted by Crippen LogP contribution is 2.39. The Bertz CT molecular complexity index is 2050. The van der Waals surface area contributed by atoms with Crippen LogP contribution in [-0.4, -0.2) is 49.0 Å². The summed E-state index contributed by atoms with van der Waals surface area (Å²) in [7, 11) is 0. The first-order chi connectivity index (χ1) is 21.5. The van der Waals surface area contributed by atoms with Crippen molar-refractivity contribution in [3.63, 3.8) is 0 Å². The van der Waals surface area contributed by atoms with Crippen molar-refractivity contribution in [3.8, 4) is 34.0 Å². The molecule has 3 N–H and O–H groups in total. The second kappa shape index (κ2) is 11.2. The Labute approximate surface area is 250 Å². The SMILES string of the molecule is O=C(C=Cc1ccccc1)Nc1c(C(=O)O)n(Cc2cccc(-c3nn[nH]n3)c2)c2cc(-c3ccc4c(c3)OCO4)ccc12. The summed E-state index contributed by atoms with van der Waals surface area (Å²) in [5.74, 6) is 0.102. The molecule has 1 amide bonds. The number of hydrogen-bond donors (Lipinski definition) is 3. The lowest BCUT2D eigenvalue weighted by molar-refractivity contribution is -0.111. The zero-order chi connectivity index (χ0) is 30.0. The number of aromatic nitrogens is 5. The normalized spacial score (nSPS) is 12.2. The van der Waals surface area contributed by atoms with Gasteiger partial charge in [-0.05, 0) is 57.8 Å². The molecule has 11 heteroatoms. The van der Waals surface area contributed by atoms with Crippen LogP contribution >= 0.6 is 0 Å². The van der Waals surface area contributed by atoms with Gasteiger partial charge in [0.25, 0.3) is 0 Å². The summed E-state index contributed by atoms with van der Waals surface area (Å²) in [6.45, 7) is 0.359. The molecule has 7 rings (SSSR count). The summed E-state index contributed by atoms with van der Waals surface area (Å²) in [5, 5.41) is 28.1. The van der Waals surface area contributed by atoms with Gasteiger partial charge in [-0.1, -0.05) is 66.7 Å². The minimum absolute atomic E-state index is 0.0470. The number of carbonyl (C=O) groups is 2. The number of nitrogens with zero attached hydrogens (tertiary/aromatic N) is 4. The molecule has 1 aliphatic heterocycles. The van der Waals surface area contributed by atoms with Crippen LogP contribution in [-0.2, 0) is 11.3 Å². The van der Waals surface area contributed by atoms with Crippen LogP contribution in [0.15, 0.2) is 97.1 Å². The average Bonchev–Trinajstić information content (AvgIpc) is 3.81. The fraction of sp³-hybridized carbons (Fsp3) is 0.0606. The van der Waals surface area contributed by atoms with Crippen molar-refractivity contribution in [1.82, 2.24) is 25.2 Å². The van der Waals surface area contributed by atoms with Gasteiger partial charge in [0.05, 0.1) is 11.2 Å². The third-order valence-corrected chi connectivity index (χ3v) is 7.32. The average molecular weight is 585 g/mol. The second-order valence-corrected chi connectivity index (χ2v) is 10.1. The molecular weight excluding hydrogens is 560 g/mol. The Balaban J connectivity index is 1.34. The Hall–Kier alpha value is -6.23. The Morgan fingerprint density at radius 3 is 2.55 bits per heavy atom. The van der Waals surface area contributed by atoms with Gasteiger partial charge in [-0.15, -0.1) is 10.2 Å². The first-order valence-corrected chi connectivity index (χ1v) is 13.7. The van der Waals surface area contributed by atoms with E-state index in [2.05, 4.69) is 25.9 Å². The molecule has 0 aliphatic carbocycles. The van der Waals surface area contributed by atoms with Crippen molar-refractivity contribution in [1.29, 1.82) is 0 Å². The van der Waals surface area contributed by atoms with Crippen molar-refractivity contribution in [3.05, 3.63) is 114 Å². The summed E-state index contributed by atoms with van der Waals surface area (Å²) in [4.78, 5) is 25.9. The number of carbonyl (C=O) groups excluding carboxylic acids is 1. The maximum absolute atomic E-state index is 13.1. The summed E-state index contributed by atoms with van der Waals surface area (Å²) in [5.41, 5.74) is 4.89. The predicted octanol–water partition coefficient (Wildman–Crippen LogP) is 5.62. The number of rotatable bonds is 8. The molecule has 216 valence electrons. The molecule has 0 atom stereocenters. The molecule has 44 heavy (non-hydrogen) atoms. The van der Waals surface area contributed by atoms with Crippen molar-refractivity contribution < 1.29 is 24.2 Å². The number of benzene rings is 4. The molecule has 2 aromatic heterocycles. The number of carboxylic acid groups (broad SMARTS) is 1. The van der Waals surface area contributed by atoms with Crippen molar-refractivity contribution in [2.75, 3.05) is 12.1 Å². The van der Waals surface area contributed by atoms with E-state index in [1.807, 2.05) is 91.0 Å². The van der Waals surface area contributed by atoms with Crippen LogP contribution in [0.2, 0.25) is 0 Å². The number of tetrazole rings is 1. The second-order valence-electron chi connectivity index (χ2n) is 10.1. The Kier molecular flexibility index (Phi) is 6.79. The number of nitrogens with one attached hydrogen (secondary N) is 2. The lowest BCUT2D eigenvalue weighted by Gasteiger charge is -2.11. The van der Waals surface area contributed by atoms with Gasteiger partial charge in [0.2, 0.25) is 18.5 Å². The quantitative estimate of drug-likeness (QED) is 0.196. The highest BCUT2D eigenvalue weighted by Gasteiger charge is 2.25. The summed E-state index contributed by atoms with van der Waals surface area (Å²) < 4.78 is 12.7. The van der Waals surface area contributed by atoms with Crippen LogP contribution in [0.25, 0.3) is 39.5 Å². The molecule has 0 unspecified atom stereocenters. The number of carboxylic acids is 1. The third kappa shape index (κ3) is 5.13. The Morgan fingerprint density at radius 2 is 1.73 bits per heavy atom. The van der Waals surface area contributed by atoms with E-state index in [-0.39, 0.29) is 24.7 Å². The molecule has 0 bridgehead atoms. The van der Waals surface area contributed by atoms with Crippen molar-refractivity contribution >= 4 is 34.5 Å². The number of anilines is 1. The van der Waals surface area contributed by atoms with Gasteiger partial charge in [-0.2, -0.15) is 5.21 Å². The first kappa shape index (κ1) is 26.7. The maximum Gasteiger partial charge on any atom is 0.354 e. The van der Waals surface area contributed by atoms with E-state index in [1.54, 1.807) is 10.6 Å². The minimum Gasteiger partial charge on any atom is -0.477 e. The summed E-state index contributed by atoms with van der Waals surface area (Å²) in [6.07, 6.45) is 3.07. The molecule has 0 fully saturated rings. The molecule has 0 saturated heterocycles. The number of aromatic carboxylic acids is 1. The van der Waals surface area contributed by atoms with E-state index in [0.29, 0.717) is 28.2 Å². The zero-order valence-corrected chi connectivity index (χ0v) is 23.1. The van der Waals surface area contributed by atoms with E-state index in [4.69, 9.17) is 9.47 Å². The molecule has 1 aliphatic rings. The standard InChI is InChI=1S/C33H24N6O5/c40-29(14-9-20-5-2-1-3-6-20)34-30-25-12-10-22(23-11-13-27-28(17-23)44-19-43-27)16-26(25)39(31(30)33(41)42)18-21-7-4-8-24(15-21)32-35-37-38-36-32/h1-17H,18-19H2,(H,34,40)(H,41,42)(H,35,36,37,38).